The number of benzene rings is 2. The first-order valence-electron chi connectivity index (χ1n) is 9.47. The van der Waals surface area contributed by atoms with Gasteiger partial charge in [0.2, 0.25) is 5.91 Å². The van der Waals surface area contributed by atoms with E-state index in [1.807, 2.05) is 48.5 Å². The lowest BCUT2D eigenvalue weighted by molar-refractivity contribution is -0.121. The SMILES string of the molecule is CCCCCCCC(=O)NN=Cc1ccccc1OCc1cccc(Br)c1. The molecule has 0 aromatic heterocycles. The Kier molecular flexibility index (Phi) is 9.63. The molecule has 2 aromatic carbocycles. The van der Waals surface area contributed by atoms with Crippen molar-refractivity contribution in [3.63, 3.8) is 0 Å². The van der Waals surface area contributed by atoms with Gasteiger partial charge in [-0.1, -0.05) is 72.8 Å². The molecule has 2 rings (SSSR count). The molecule has 0 bridgehead atoms. The van der Waals surface area contributed by atoms with Gasteiger partial charge in [-0.05, 0) is 36.2 Å². The summed E-state index contributed by atoms with van der Waals surface area (Å²) in [5, 5.41) is 4.07. The summed E-state index contributed by atoms with van der Waals surface area (Å²) in [5.74, 6) is 0.685. The zero-order chi connectivity index (χ0) is 19.3. The second-order valence-electron chi connectivity index (χ2n) is 6.41. The molecular formula is C22H27BrN2O2. The molecule has 4 nitrogen and oxygen atoms in total. The van der Waals surface area contributed by atoms with Crippen LogP contribution in [0, 0.1) is 0 Å². The molecule has 0 aliphatic heterocycles. The summed E-state index contributed by atoms with van der Waals surface area (Å²) in [7, 11) is 0. The number of unbranched alkanes of at least 4 members (excludes halogenated alkanes) is 4. The molecule has 1 N–H and O–H groups in total. The topological polar surface area (TPSA) is 50.7 Å². The van der Waals surface area contributed by atoms with Crippen molar-refractivity contribution in [3.8, 4) is 5.75 Å². The molecule has 5 heteroatoms. The van der Waals surface area contributed by atoms with E-state index in [2.05, 4.69) is 33.4 Å². The number of carbonyl (C=O) groups excluding carboxylic acids is 1. The number of nitrogens with zero attached hydrogens (tertiary/aromatic N) is 1. The molecule has 0 fully saturated rings. The van der Waals surface area contributed by atoms with E-state index in [9.17, 15) is 4.79 Å². The fourth-order valence-electron chi connectivity index (χ4n) is 2.63. The normalized spacial score (nSPS) is 10.9. The van der Waals surface area contributed by atoms with Gasteiger partial charge in [0, 0.05) is 16.5 Å². The minimum absolute atomic E-state index is 0.0460. The number of hydrazone groups is 1. The minimum atomic E-state index is -0.0460. The molecule has 0 aliphatic rings. The Hall–Kier alpha value is -2.14. The third-order valence-corrected chi connectivity index (χ3v) is 4.60. The average Bonchev–Trinajstić information content (AvgIpc) is 2.67. The second kappa shape index (κ2) is 12.3. The maximum atomic E-state index is 11.8. The first kappa shape index (κ1) is 21.2. The Morgan fingerprint density at radius 2 is 1.93 bits per heavy atom. The summed E-state index contributed by atoms with van der Waals surface area (Å²) in [5.41, 5.74) is 4.51. The molecule has 0 saturated carbocycles. The molecule has 0 spiro atoms. The third-order valence-electron chi connectivity index (χ3n) is 4.10. The smallest absolute Gasteiger partial charge is 0.240 e. The Morgan fingerprint density at radius 1 is 1.11 bits per heavy atom. The van der Waals surface area contributed by atoms with E-state index >= 15 is 0 Å². The number of hydrogen-bond donors (Lipinski definition) is 1. The summed E-state index contributed by atoms with van der Waals surface area (Å²) in [4.78, 5) is 11.8. The van der Waals surface area contributed by atoms with Crippen LogP contribution in [-0.2, 0) is 11.4 Å². The van der Waals surface area contributed by atoms with Gasteiger partial charge in [-0.25, -0.2) is 5.43 Å². The highest BCUT2D eigenvalue weighted by Crippen LogP contribution is 2.19. The fourth-order valence-corrected chi connectivity index (χ4v) is 3.07. The van der Waals surface area contributed by atoms with Crippen LogP contribution in [0.25, 0.3) is 0 Å². The van der Waals surface area contributed by atoms with Crippen LogP contribution in [-0.4, -0.2) is 12.1 Å². The van der Waals surface area contributed by atoms with Crippen LogP contribution >= 0.6 is 15.9 Å². The number of halogens is 1. The molecular weight excluding hydrogens is 404 g/mol. The van der Waals surface area contributed by atoms with Gasteiger partial charge in [0.15, 0.2) is 0 Å². The van der Waals surface area contributed by atoms with Crippen LogP contribution in [0.5, 0.6) is 5.75 Å². The van der Waals surface area contributed by atoms with Crippen LogP contribution in [0.1, 0.15) is 56.6 Å². The van der Waals surface area contributed by atoms with E-state index in [0.717, 1.165) is 34.2 Å². The van der Waals surface area contributed by atoms with Gasteiger partial charge in [0.25, 0.3) is 0 Å². The van der Waals surface area contributed by atoms with Gasteiger partial charge in [-0.3, -0.25) is 4.79 Å². The Morgan fingerprint density at radius 3 is 2.74 bits per heavy atom. The Bertz CT molecular complexity index is 747. The van der Waals surface area contributed by atoms with Gasteiger partial charge >= 0.3 is 0 Å². The summed E-state index contributed by atoms with van der Waals surface area (Å²) >= 11 is 3.46. The van der Waals surface area contributed by atoms with E-state index < -0.39 is 0 Å². The number of amides is 1. The van der Waals surface area contributed by atoms with Gasteiger partial charge in [0.05, 0.1) is 6.21 Å². The van der Waals surface area contributed by atoms with Gasteiger partial charge < -0.3 is 4.74 Å². The molecule has 0 atom stereocenters. The zero-order valence-corrected chi connectivity index (χ0v) is 17.4. The van der Waals surface area contributed by atoms with Crippen LogP contribution in [0.4, 0.5) is 0 Å². The lowest BCUT2D eigenvalue weighted by atomic mass is 10.1. The van der Waals surface area contributed by atoms with E-state index in [4.69, 9.17) is 4.74 Å². The molecule has 1 amide bonds. The number of nitrogens with one attached hydrogen (secondary N) is 1. The maximum absolute atomic E-state index is 11.8. The third kappa shape index (κ3) is 8.39. The highest BCUT2D eigenvalue weighted by Gasteiger charge is 2.03. The zero-order valence-electron chi connectivity index (χ0n) is 15.8. The monoisotopic (exact) mass is 430 g/mol. The number of rotatable bonds is 11. The van der Waals surface area contributed by atoms with Crippen molar-refractivity contribution < 1.29 is 9.53 Å². The molecule has 2 aromatic rings. The summed E-state index contributed by atoms with van der Waals surface area (Å²) in [6.45, 7) is 2.65. The molecule has 0 heterocycles. The van der Waals surface area contributed by atoms with Gasteiger partial charge in [0.1, 0.15) is 12.4 Å². The number of hydrogen-bond acceptors (Lipinski definition) is 3. The molecule has 0 radical (unpaired) electrons. The quantitative estimate of drug-likeness (QED) is 0.276. The summed E-state index contributed by atoms with van der Waals surface area (Å²) in [6, 6.07) is 15.7. The Labute approximate surface area is 170 Å². The van der Waals surface area contributed by atoms with Crippen molar-refractivity contribution >= 4 is 28.1 Å². The predicted molar refractivity (Wildman–Crippen MR) is 114 cm³/mol. The van der Waals surface area contributed by atoms with Crippen molar-refractivity contribution in [2.45, 2.75) is 52.1 Å². The van der Waals surface area contributed by atoms with Crippen molar-refractivity contribution in [1.29, 1.82) is 0 Å². The molecule has 144 valence electrons. The summed E-state index contributed by atoms with van der Waals surface area (Å²) < 4.78 is 6.94. The van der Waals surface area contributed by atoms with E-state index in [1.165, 1.54) is 19.3 Å². The number of ether oxygens (including phenoxy) is 1. The van der Waals surface area contributed by atoms with Crippen LogP contribution in [0.2, 0.25) is 0 Å². The lowest BCUT2D eigenvalue weighted by Crippen LogP contribution is -2.17. The fraction of sp³-hybridized carbons (Fsp3) is 0.364. The molecule has 0 unspecified atom stereocenters. The van der Waals surface area contributed by atoms with Crippen LogP contribution in [0.3, 0.4) is 0 Å². The second-order valence-corrected chi connectivity index (χ2v) is 7.33. The van der Waals surface area contributed by atoms with E-state index in [1.54, 1.807) is 6.21 Å². The van der Waals surface area contributed by atoms with Crippen LogP contribution in [0.15, 0.2) is 58.1 Å². The largest absolute Gasteiger partial charge is 0.488 e. The first-order chi connectivity index (χ1) is 13.2. The average molecular weight is 431 g/mol. The van der Waals surface area contributed by atoms with Crippen molar-refractivity contribution in [2.75, 3.05) is 0 Å². The van der Waals surface area contributed by atoms with E-state index in [-0.39, 0.29) is 5.91 Å². The summed E-state index contributed by atoms with van der Waals surface area (Å²) in [6.07, 6.45) is 7.78. The maximum Gasteiger partial charge on any atom is 0.240 e. The van der Waals surface area contributed by atoms with Crippen molar-refractivity contribution in [2.24, 2.45) is 5.10 Å². The minimum Gasteiger partial charge on any atom is -0.488 e. The highest BCUT2D eigenvalue weighted by atomic mass is 79.9. The van der Waals surface area contributed by atoms with E-state index in [0.29, 0.717) is 13.0 Å². The van der Waals surface area contributed by atoms with Crippen molar-refractivity contribution in [1.82, 2.24) is 5.43 Å². The van der Waals surface area contributed by atoms with Gasteiger partial charge in [-0.15, -0.1) is 0 Å². The van der Waals surface area contributed by atoms with Gasteiger partial charge in [-0.2, -0.15) is 5.10 Å². The standard InChI is InChI=1S/C22H27BrN2O2/c1-2-3-4-5-6-14-22(26)25-24-16-19-11-7-8-13-21(19)27-17-18-10-9-12-20(23)15-18/h7-13,15-16H,2-6,14,17H2,1H3,(H,25,26). The predicted octanol–water partition coefficient (Wildman–Crippen LogP) is 5.84. The number of para-hydroxylation sites is 1. The lowest BCUT2D eigenvalue weighted by Gasteiger charge is -2.09. The molecule has 27 heavy (non-hydrogen) atoms. The Balaban J connectivity index is 1.82. The van der Waals surface area contributed by atoms with Crippen molar-refractivity contribution in [3.05, 3.63) is 64.1 Å². The van der Waals surface area contributed by atoms with Crippen LogP contribution < -0.4 is 10.2 Å². The first-order valence-corrected chi connectivity index (χ1v) is 10.3. The highest BCUT2D eigenvalue weighted by molar-refractivity contribution is 9.10. The molecule has 0 saturated heterocycles. The number of carbonyl (C=O) groups is 1. The molecule has 0 aliphatic carbocycles.